The second-order valence-corrected chi connectivity index (χ2v) is 17.2. The number of nitrogens with zero attached hydrogens (tertiary/aromatic N) is 6. The minimum Gasteiger partial charge on any atom is -0.308 e. The molecule has 0 aliphatic rings. The van der Waals surface area contributed by atoms with Gasteiger partial charge in [-0.15, -0.1) is 0 Å². The zero-order valence-electron chi connectivity index (χ0n) is 38.1. The molecule has 0 fully saturated rings. The highest BCUT2D eigenvalue weighted by molar-refractivity contribution is 6.13. The Balaban J connectivity index is 1.31. The lowest BCUT2D eigenvalue weighted by molar-refractivity contribution is -0.137. The third-order valence-corrected chi connectivity index (χ3v) is 12.8. The molecular weight excluding hydrogens is 931 g/mol. The fraction of sp³-hybridized carbons (Fsp3) is 0.0328. The van der Waals surface area contributed by atoms with Gasteiger partial charge in [0.25, 0.3) is 0 Å². The van der Waals surface area contributed by atoms with Crippen molar-refractivity contribution < 1.29 is 26.3 Å². The summed E-state index contributed by atoms with van der Waals surface area (Å²) in [4.78, 5) is 14.6. The number of benzene rings is 9. The van der Waals surface area contributed by atoms with E-state index in [1.165, 1.54) is 48.5 Å². The SMILES string of the molecule is N#Cc1cccc(-c2ccc3c(c2)c2cc(-c4cccc(C#N)c4)ccc2n3-c2c(-c3ccccc3C(F)(F)F)cc(-c3nc(-c4ccccc4)nc(-c4ccccc4)n3)cc2-c2ccccc2C(F)(F)F)c1. The molecule has 0 saturated carbocycles. The summed E-state index contributed by atoms with van der Waals surface area (Å²) in [5.74, 6) is 0.474. The molecule has 0 amide bonds. The van der Waals surface area contributed by atoms with Gasteiger partial charge in [-0.05, 0) is 106 Å². The summed E-state index contributed by atoms with van der Waals surface area (Å²) in [5, 5.41) is 20.8. The van der Waals surface area contributed by atoms with Gasteiger partial charge in [0, 0.05) is 38.6 Å². The van der Waals surface area contributed by atoms with Crippen LogP contribution in [0.3, 0.4) is 0 Å². The molecule has 6 nitrogen and oxygen atoms in total. The molecule has 0 unspecified atom stereocenters. The lowest BCUT2D eigenvalue weighted by Gasteiger charge is -2.24. The third-order valence-electron chi connectivity index (χ3n) is 12.8. The zero-order valence-corrected chi connectivity index (χ0v) is 38.1. The Morgan fingerprint density at radius 1 is 0.342 bits per heavy atom. The fourth-order valence-corrected chi connectivity index (χ4v) is 9.44. The molecule has 2 heterocycles. The number of aromatic nitrogens is 4. The second kappa shape index (κ2) is 18.3. The fourth-order valence-electron chi connectivity index (χ4n) is 9.44. The minimum atomic E-state index is -4.91. The van der Waals surface area contributed by atoms with Crippen molar-refractivity contribution in [1.29, 1.82) is 10.5 Å². The maximum Gasteiger partial charge on any atom is 0.417 e. The molecule has 12 heteroatoms. The van der Waals surface area contributed by atoms with Crippen LogP contribution in [-0.4, -0.2) is 19.5 Å². The van der Waals surface area contributed by atoms with E-state index < -0.39 is 23.5 Å². The Morgan fingerprint density at radius 2 is 0.712 bits per heavy atom. The van der Waals surface area contributed by atoms with Crippen LogP contribution in [0.1, 0.15) is 22.3 Å². The standard InChI is InChI=1S/C61H34F6N6/c62-60(63,64)52-23-9-7-21-46(52)50-33-45(59-71-57(39-15-3-1-4-16-39)70-58(72-59)40-17-5-2-6-18-40)34-51(47-22-8-10-24-53(47)61(65,66)67)56(50)73-54-27-25-43(41-19-11-13-37(29-41)35-68)31-48(54)49-32-44(26-28-55(49)73)42-20-12-14-38(30-42)36-69/h1-34H. The number of rotatable bonds is 8. The highest BCUT2D eigenvalue weighted by Gasteiger charge is 2.37. The summed E-state index contributed by atoms with van der Waals surface area (Å²) < 4.78 is 95.0. The van der Waals surface area contributed by atoms with E-state index in [0.29, 0.717) is 66.3 Å². The van der Waals surface area contributed by atoms with Crippen LogP contribution in [0, 0.1) is 22.7 Å². The van der Waals surface area contributed by atoms with Gasteiger partial charge in [0.05, 0.1) is 51.1 Å². The molecule has 9 aromatic carbocycles. The van der Waals surface area contributed by atoms with Gasteiger partial charge in [0.1, 0.15) is 0 Å². The van der Waals surface area contributed by atoms with E-state index in [0.717, 1.165) is 12.1 Å². The minimum absolute atomic E-state index is 0.00596. The van der Waals surface area contributed by atoms with Gasteiger partial charge in [-0.1, -0.05) is 133 Å². The summed E-state index contributed by atoms with van der Waals surface area (Å²) in [5.41, 5.74) is 3.20. The summed E-state index contributed by atoms with van der Waals surface area (Å²) in [6.07, 6.45) is -9.83. The van der Waals surface area contributed by atoms with Crippen LogP contribution in [0.4, 0.5) is 26.3 Å². The van der Waals surface area contributed by atoms with Crippen molar-refractivity contribution in [2.75, 3.05) is 0 Å². The van der Waals surface area contributed by atoms with Crippen LogP contribution in [0.2, 0.25) is 0 Å². The number of nitriles is 2. The van der Waals surface area contributed by atoms with Crippen molar-refractivity contribution >= 4 is 21.8 Å². The second-order valence-electron chi connectivity index (χ2n) is 17.2. The summed E-state index contributed by atoms with van der Waals surface area (Å²) in [7, 11) is 0. The molecule has 0 spiro atoms. The average Bonchev–Trinajstić information content (AvgIpc) is 3.75. The summed E-state index contributed by atoms with van der Waals surface area (Å²) >= 11 is 0. The first-order valence-electron chi connectivity index (χ1n) is 22.8. The summed E-state index contributed by atoms with van der Waals surface area (Å²) in [6.45, 7) is 0. The van der Waals surface area contributed by atoms with Crippen LogP contribution in [0.15, 0.2) is 206 Å². The van der Waals surface area contributed by atoms with Crippen LogP contribution in [0.5, 0.6) is 0 Å². The molecule has 0 N–H and O–H groups in total. The monoisotopic (exact) mass is 964 g/mol. The van der Waals surface area contributed by atoms with E-state index in [-0.39, 0.29) is 51.0 Å². The quantitative estimate of drug-likeness (QED) is 0.142. The first-order valence-corrected chi connectivity index (χ1v) is 22.8. The van der Waals surface area contributed by atoms with Gasteiger partial charge >= 0.3 is 12.4 Å². The van der Waals surface area contributed by atoms with Gasteiger partial charge in [0.2, 0.25) is 0 Å². The van der Waals surface area contributed by atoms with Crippen LogP contribution >= 0.6 is 0 Å². The molecule has 11 aromatic rings. The number of hydrogen-bond donors (Lipinski definition) is 0. The Labute approximate surface area is 414 Å². The maximum absolute atomic E-state index is 15.6. The highest BCUT2D eigenvalue weighted by atomic mass is 19.4. The lowest BCUT2D eigenvalue weighted by atomic mass is 9.88. The van der Waals surface area contributed by atoms with E-state index in [1.54, 1.807) is 102 Å². The molecule has 0 aliphatic heterocycles. The van der Waals surface area contributed by atoms with Gasteiger partial charge in [-0.25, -0.2) is 15.0 Å². The number of alkyl halides is 6. The molecular formula is C61H34F6N6. The number of halogens is 6. The third kappa shape index (κ3) is 8.62. The maximum atomic E-state index is 15.6. The van der Waals surface area contributed by atoms with E-state index in [1.807, 2.05) is 48.5 Å². The van der Waals surface area contributed by atoms with Crippen molar-refractivity contribution in [3.63, 3.8) is 0 Å². The molecule has 11 rings (SSSR count). The molecule has 0 saturated heterocycles. The smallest absolute Gasteiger partial charge is 0.308 e. The first kappa shape index (κ1) is 45.8. The highest BCUT2D eigenvalue weighted by Crippen LogP contribution is 2.49. The lowest BCUT2D eigenvalue weighted by Crippen LogP contribution is -2.11. The average molecular weight is 965 g/mol. The number of fused-ring (bicyclic) bond motifs is 3. The molecule has 73 heavy (non-hydrogen) atoms. The zero-order chi connectivity index (χ0) is 50.4. The van der Waals surface area contributed by atoms with Gasteiger partial charge in [-0.3, -0.25) is 0 Å². The Hall–Kier alpha value is -9.65. The van der Waals surface area contributed by atoms with Crippen LogP contribution in [-0.2, 0) is 12.4 Å². The van der Waals surface area contributed by atoms with Crippen molar-refractivity contribution in [1.82, 2.24) is 19.5 Å². The largest absolute Gasteiger partial charge is 0.417 e. The number of hydrogen-bond acceptors (Lipinski definition) is 5. The topological polar surface area (TPSA) is 91.2 Å². The molecule has 350 valence electrons. The Morgan fingerprint density at radius 3 is 1.12 bits per heavy atom. The molecule has 0 bridgehead atoms. The Bertz CT molecular complexity index is 3780. The Kier molecular flexibility index (Phi) is 11.5. The van der Waals surface area contributed by atoms with Crippen LogP contribution < -0.4 is 0 Å². The summed E-state index contributed by atoms with van der Waals surface area (Å²) in [6, 6.07) is 60.5. The van der Waals surface area contributed by atoms with Crippen molar-refractivity contribution in [2.24, 2.45) is 0 Å². The van der Waals surface area contributed by atoms with Crippen molar-refractivity contribution in [3.8, 4) is 96.5 Å². The van der Waals surface area contributed by atoms with E-state index in [9.17, 15) is 10.5 Å². The van der Waals surface area contributed by atoms with E-state index in [4.69, 9.17) is 15.0 Å². The predicted molar refractivity (Wildman–Crippen MR) is 272 cm³/mol. The van der Waals surface area contributed by atoms with Crippen molar-refractivity contribution in [3.05, 3.63) is 229 Å². The molecule has 0 atom stereocenters. The molecule has 2 aromatic heterocycles. The van der Waals surface area contributed by atoms with E-state index in [2.05, 4.69) is 12.1 Å². The normalized spacial score (nSPS) is 11.7. The van der Waals surface area contributed by atoms with Gasteiger partial charge < -0.3 is 4.57 Å². The van der Waals surface area contributed by atoms with Crippen molar-refractivity contribution in [2.45, 2.75) is 12.4 Å². The van der Waals surface area contributed by atoms with Gasteiger partial charge in [0.15, 0.2) is 17.5 Å². The molecule has 0 radical (unpaired) electrons. The first-order chi connectivity index (χ1) is 35.4. The van der Waals surface area contributed by atoms with E-state index >= 15 is 26.3 Å². The van der Waals surface area contributed by atoms with Crippen LogP contribution in [0.25, 0.3) is 106 Å². The molecule has 0 aliphatic carbocycles. The predicted octanol–water partition coefficient (Wildman–Crippen LogP) is 16.4. The van der Waals surface area contributed by atoms with Gasteiger partial charge in [-0.2, -0.15) is 36.9 Å².